The first-order valence-electron chi connectivity index (χ1n) is 14.2. The number of nitrogens with one attached hydrogen (secondary N) is 3. The van der Waals surface area contributed by atoms with Gasteiger partial charge in [-0.15, -0.1) is 0 Å². The van der Waals surface area contributed by atoms with E-state index in [0.29, 0.717) is 46.2 Å². The Bertz CT molecular complexity index is 1770. The molecule has 0 bridgehead atoms. The van der Waals surface area contributed by atoms with Gasteiger partial charge in [-0.05, 0) is 78.6 Å². The first-order chi connectivity index (χ1) is 21.2. The Balaban J connectivity index is 1.27. The van der Waals surface area contributed by atoms with Gasteiger partial charge in [-0.1, -0.05) is 48.0 Å². The molecule has 2 amide bonds. The Morgan fingerprint density at radius 1 is 0.841 bits per heavy atom. The number of carbonyl (C=O) groups excluding carboxylic acids is 2. The second-order valence-electron chi connectivity index (χ2n) is 10.3. The number of anilines is 2. The van der Waals surface area contributed by atoms with E-state index >= 15 is 0 Å². The fourth-order valence-corrected chi connectivity index (χ4v) is 6.49. The van der Waals surface area contributed by atoms with Crippen LogP contribution in [-0.2, 0) is 10.0 Å². The lowest BCUT2D eigenvalue weighted by atomic mass is 10.0. The van der Waals surface area contributed by atoms with Gasteiger partial charge < -0.3 is 20.3 Å². The molecular weight excluding hydrogens is 600 g/mol. The van der Waals surface area contributed by atoms with E-state index in [1.54, 1.807) is 84.9 Å². The number of amides is 2. The van der Waals surface area contributed by atoms with Crippen molar-refractivity contribution in [2.24, 2.45) is 0 Å². The highest BCUT2D eigenvalue weighted by Crippen LogP contribution is 2.32. The smallest absolute Gasteiger partial charge is 0.265 e. The molecule has 3 N–H and O–H groups in total. The molecule has 44 heavy (non-hydrogen) atoms. The number of methoxy groups -OCH3 is 1. The Labute approximate surface area is 262 Å². The van der Waals surface area contributed by atoms with Gasteiger partial charge in [0.05, 0.1) is 23.4 Å². The molecule has 1 fully saturated rings. The van der Waals surface area contributed by atoms with Crippen LogP contribution in [0.2, 0.25) is 5.02 Å². The number of rotatable bonds is 11. The third-order valence-electron chi connectivity index (χ3n) is 7.26. The Morgan fingerprint density at radius 3 is 2.34 bits per heavy atom. The number of halogens is 1. The molecule has 0 atom stereocenters. The topological polar surface area (TPSA) is 117 Å². The number of carbonyl (C=O) groups is 2. The van der Waals surface area contributed by atoms with Gasteiger partial charge in [-0.25, -0.2) is 8.42 Å². The molecule has 0 unspecified atom stereocenters. The van der Waals surface area contributed by atoms with E-state index in [9.17, 15) is 18.0 Å². The summed E-state index contributed by atoms with van der Waals surface area (Å²) < 4.78 is 35.2. The van der Waals surface area contributed by atoms with Gasteiger partial charge in [0, 0.05) is 37.4 Å². The molecule has 0 radical (unpaired) electrons. The van der Waals surface area contributed by atoms with Crippen molar-refractivity contribution in [2.45, 2.75) is 17.7 Å². The maximum atomic E-state index is 13.6. The maximum Gasteiger partial charge on any atom is 0.265 e. The number of benzene rings is 4. The molecule has 0 aliphatic carbocycles. The van der Waals surface area contributed by atoms with Crippen LogP contribution in [0.5, 0.6) is 5.75 Å². The molecule has 1 aliphatic heterocycles. The van der Waals surface area contributed by atoms with Crippen molar-refractivity contribution in [2.75, 3.05) is 43.3 Å². The Hall–Kier alpha value is -4.54. The van der Waals surface area contributed by atoms with E-state index < -0.39 is 10.0 Å². The Kier molecular flexibility index (Phi) is 9.72. The van der Waals surface area contributed by atoms with Gasteiger partial charge in [-0.2, -0.15) is 0 Å². The van der Waals surface area contributed by atoms with E-state index in [-0.39, 0.29) is 22.5 Å². The van der Waals surface area contributed by atoms with Crippen molar-refractivity contribution in [3.63, 3.8) is 0 Å². The molecule has 5 rings (SSSR count). The fourth-order valence-electron chi connectivity index (χ4n) is 5.03. The summed E-state index contributed by atoms with van der Waals surface area (Å²) >= 11 is 6.09. The summed E-state index contributed by atoms with van der Waals surface area (Å²) in [6, 6.07) is 25.8. The average Bonchev–Trinajstić information content (AvgIpc) is 3.58. The molecule has 0 aromatic heterocycles. The van der Waals surface area contributed by atoms with Crippen LogP contribution >= 0.6 is 11.6 Å². The lowest BCUT2D eigenvalue weighted by Gasteiger charge is -2.16. The number of likely N-dealkylation sites (tertiary alicyclic amines) is 1. The summed E-state index contributed by atoms with van der Waals surface area (Å²) in [4.78, 5) is 27.1. The largest absolute Gasteiger partial charge is 0.495 e. The highest BCUT2D eigenvalue weighted by atomic mass is 35.5. The zero-order valence-electron chi connectivity index (χ0n) is 24.2. The summed E-state index contributed by atoms with van der Waals surface area (Å²) in [5.74, 6) is -0.113. The molecule has 9 nitrogen and oxygen atoms in total. The summed E-state index contributed by atoms with van der Waals surface area (Å²) in [7, 11) is -2.65. The van der Waals surface area contributed by atoms with E-state index in [1.165, 1.54) is 7.11 Å². The SMILES string of the molecule is COc1ccc(-c2cccc(C(=O)N3CCCC3)c2)cc1S(=O)(=O)Nc1cccc(NCCNC(=O)c2ccccc2Cl)c1. The van der Waals surface area contributed by atoms with Crippen LogP contribution in [0.3, 0.4) is 0 Å². The first-order valence-corrected chi connectivity index (χ1v) is 16.1. The van der Waals surface area contributed by atoms with Gasteiger partial charge in [0.2, 0.25) is 0 Å². The molecule has 1 saturated heterocycles. The van der Waals surface area contributed by atoms with Crippen LogP contribution in [-0.4, -0.2) is 58.4 Å². The van der Waals surface area contributed by atoms with E-state index in [4.69, 9.17) is 16.3 Å². The van der Waals surface area contributed by atoms with Crippen LogP contribution in [0.4, 0.5) is 11.4 Å². The highest BCUT2D eigenvalue weighted by Gasteiger charge is 2.23. The van der Waals surface area contributed by atoms with Gasteiger partial charge >= 0.3 is 0 Å². The quantitative estimate of drug-likeness (QED) is 0.178. The number of hydrogen-bond donors (Lipinski definition) is 3. The predicted octanol–water partition coefficient (Wildman–Crippen LogP) is 5.89. The molecule has 4 aromatic rings. The number of nitrogens with zero attached hydrogens (tertiary/aromatic N) is 1. The lowest BCUT2D eigenvalue weighted by Crippen LogP contribution is -2.28. The van der Waals surface area contributed by atoms with E-state index in [2.05, 4.69) is 15.4 Å². The molecule has 228 valence electrons. The van der Waals surface area contributed by atoms with E-state index in [0.717, 1.165) is 31.5 Å². The van der Waals surface area contributed by atoms with Crippen molar-refractivity contribution in [1.29, 1.82) is 0 Å². The van der Waals surface area contributed by atoms with Gasteiger partial charge in [0.15, 0.2) is 0 Å². The minimum Gasteiger partial charge on any atom is -0.495 e. The van der Waals surface area contributed by atoms with Crippen molar-refractivity contribution in [3.8, 4) is 16.9 Å². The van der Waals surface area contributed by atoms with Crippen LogP contribution in [0.1, 0.15) is 33.6 Å². The molecule has 4 aromatic carbocycles. The van der Waals surface area contributed by atoms with Gasteiger partial charge in [-0.3, -0.25) is 14.3 Å². The van der Waals surface area contributed by atoms with Crippen molar-refractivity contribution in [3.05, 3.63) is 107 Å². The zero-order chi connectivity index (χ0) is 31.1. The number of hydrogen-bond acceptors (Lipinski definition) is 6. The van der Waals surface area contributed by atoms with Crippen LogP contribution in [0.15, 0.2) is 95.9 Å². The minimum atomic E-state index is -4.06. The Morgan fingerprint density at radius 2 is 1.57 bits per heavy atom. The molecule has 1 heterocycles. The average molecular weight is 633 g/mol. The first kappa shape index (κ1) is 30.9. The zero-order valence-corrected chi connectivity index (χ0v) is 25.7. The molecular formula is C33H33ClN4O5S. The summed E-state index contributed by atoms with van der Waals surface area (Å²) in [6.45, 7) is 2.23. The fraction of sp³-hybridized carbons (Fsp3) is 0.212. The van der Waals surface area contributed by atoms with Crippen LogP contribution < -0.4 is 20.1 Å². The second-order valence-corrected chi connectivity index (χ2v) is 12.4. The monoisotopic (exact) mass is 632 g/mol. The summed E-state index contributed by atoms with van der Waals surface area (Å²) in [6.07, 6.45) is 2.00. The molecule has 0 saturated carbocycles. The summed E-state index contributed by atoms with van der Waals surface area (Å²) in [5.41, 5.74) is 3.33. The standard InChI is InChI=1S/C33H33ClN4O5S/c1-43-30-15-14-24(23-8-6-9-25(20-23)33(40)38-18-4-5-19-38)21-31(30)44(41,42)37-27-11-7-10-26(22-27)35-16-17-36-32(39)28-12-2-3-13-29(28)34/h2-3,6-15,20-22,35,37H,4-5,16-19H2,1H3,(H,36,39). The summed E-state index contributed by atoms with van der Waals surface area (Å²) in [5, 5.41) is 6.36. The third kappa shape index (κ3) is 7.32. The molecule has 11 heteroatoms. The van der Waals surface area contributed by atoms with Gasteiger partial charge in [0.25, 0.3) is 21.8 Å². The van der Waals surface area contributed by atoms with Crippen molar-refractivity contribution < 1.29 is 22.7 Å². The van der Waals surface area contributed by atoms with Crippen molar-refractivity contribution in [1.82, 2.24) is 10.2 Å². The van der Waals surface area contributed by atoms with Crippen LogP contribution in [0, 0.1) is 0 Å². The van der Waals surface area contributed by atoms with Crippen molar-refractivity contribution >= 4 is 44.8 Å². The minimum absolute atomic E-state index is 0.0242. The molecule has 0 spiro atoms. The third-order valence-corrected chi connectivity index (χ3v) is 8.99. The van der Waals surface area contributed by atoms with Crippen LogP contribution in [0.25, 0.3) is 11.1 Å². The normalized spacial score (nSPS) is 12.9. The second kappa shape index (κ2) is 13.8. The molecule has 1 aliphatic rings. The van der Waals surface area contributed by atoms with Gasteiger partial charge in [0.1, 0.15) is 10.6 Å². The highest BCUT2D eigenvalue weighted by molar-refractivity contribution is 7.92. The number of ether oxygens (including phenoxy) is 1. The van der Waals surface area contributed by atoms with E-state index in [1.807, 2.05) is 11.0 Å². The maximum absolute atomic E-state index is 13.6. The lowest BCUT2D eigenvalue weighted by molar-refractivity contribution is 0.0792. The number of sulfonamides is 1. The predicted molar refractivity (Wildman–Crippen MR) is 173 cm³/mol.